The van der Waals surface area contributed by atoms with Crippen LogP contribution in [0.5, 0.6) is 0 Å². The van der Waals surface area contributed by atoms with Crippen molar-refractivity contribution in [1.29, 1.82) is 0 Å². The lowest BCUT2D eigenvalue weighted by Crippen LogP contribution is -2.40. The molecule has 1 heterocycles. The lowest BCUT2D eigenvalue weighted by Gasteiger charge is -2.31. The number of anilines is 1. The lowest BCUT2D eigenvalue weighted by atomic mass is 10.0. The molecule has 1 atom stereocenters. The first kappa shape index (κ1) is 18.6. The Balaban J connectivity index is 2.11. The highest BCUT2D eigenvalue weighted by atomic mass is 35.5. The summed E-state index contributed by atoms with van der Waals surface area (Å²) in [5.41, 5.74) is -0.870. The third kappa shape index (κ3) is 3.66. The summed E-state index contributed by atoms with van der Waals surface area (Å²) in [6.45, 7) is -1.42. The summed E-state index contributed by atoms with van der Waals surface area (Å²) in [6.07, 6.45) is -4.80. The number of carbonyl (C=O) groups is 1. The molecule has 1 aliphatic heterocycles. The molecule has 2 aromatic rings. The van der Waals surface area contributed by atoms with Gasteiger partial charge in [0.2, 0.25) is 5.91 Å². The number of hydrogen-bond acceptors (Lipinski definition) is 2. The number of carbonyl (C=O) groups excluding carboxylic acids is 1. The van der Waals surface area contributed by atoms with Crippen molar-refractivity contribution in [3.63, 3.8) is 0 Å². The van der Waals surface area contributed by atoms with E-state index in [4.69, 9.17) is 11.6 Å². The Hall–Kier alpha value is -2.19. The maximum atomic E-state index is 13.9. The van der Waals surface area contributed by atoms with Crippen LogP contribution in [-0.4, -0.2) is 23.5 Å². The average molecular weight is 391 g/mol. The second-order valence-corrected chi connectivity index (χ2v) is 6.27. The Kier molecular flexibility index (Phi) is 4.90. The van der Waals surface area contributed by atoms with Gasteiger partial charge >= 0.3 is 6.18 Å². The van der Waals surface area contributed by atoms with E-state index in [0.29, 0.717) is 4.90 Å². The first-order valence-corrected chi connectivity index (χ1v) is 7.87. The molecular weight excluding hydrogens is 379 g/mol. The molecule has 2 aromatic carbocycles. The van der Waals surface area contributed by atoms with Crippen LogP contribution >= 0.6 is 11.6 Å². The van der Waals surface area contributed by atoms with Crippen LogP contribution in [0.2, 0.25) is 5.02 Å². The summed E-state index contributed by atoms with van der Waals surface area (Å²) in [5.74, 6) is -2.69. The molecule has 1 N–H and O–H groups in total. The fourth-order valence-electron chi connectivity index (χ4n) is 2.95. The molecule has 1 unspecified atom stereocenters. The van der Waals surface area contributed by atoms with E-state index in [1.54, 1.807) is 0 Å². The Morgan fingerprint density at radius 3 is 2.42 bits per heavy atom. The van der Waals surface area contributed by atoms with E-state index >= 15 is 0 Å². The van der Waals surface area contributed by atoms with E-state index < -0.39 is 48.4 Å². The highest BCUT2D eigenvalue weighted by molar-refractivity contribution is 6.30. The predicted molar refractivity (Wildman–Crippen MR) is 85.6 cm³/mol. The second-order valence-electron chi connectivity index (χ2n) is 5.83. The van der Waals surface area contributed by atoms with Crippen LogP contribution in [0.15, 0.2) is 36.4 Å². The summed E-state index contributed by atoms with van der Waals surface area (Å²) in [6, 6.07) is 4.45. The van der Waals surface area contributed by atoms with Gasteiger partial charge in [-0.3, -0.25) is 9.69 Å². The first-order chi connectivity index (χ1) is 12.2. The van der Waals surface area contributed by atoms with E-state index in [-0.39, 0.29) is 16.3 Å². The fourth-order valence-corrected chi connectivity index (χ4v) is 3.13. The van der Waals surface area contributed by atoms with Gasteiger partial charge < -0.3 is 5.32 Å². The number of benzene rings is 2. The van der Waals surface area contributed by atoms with Gasteiger partial charge in [-0.15, -0.1) is 0 Å². The van der Waals surface area contributed by atoms with Gasteiger partial charge in [0.1, 0.15) is 17.7 Å². The maximum Gasteiger partial charge on any atom is 0.408 e. The van der Waals surface area contributed by atoms with Gasteiger partial charge in [-0.25, -0.2) is 8.78 Å². The molecule has 138 valence electrons. The van der Waals surface area contributed by atoms with Crippen molar-refractivity contribution in [3.05, 3.63) is 64.2 Å². The van der Waals surface area contributed by atoms with Crippen molar-refractivity contribution in [1.82, 2.24) is 4.90 Å². The minimum absolute atomic E-state index is 0.0433. The van der Waals surface area contributed by atoms with Crippen molar-refractivity contribution in [3.8, 4) is 0 Å². The molecule has 0 spiro atoms. The zero-order valence-electron chi connectivity index (χ0n) is 13.1. The summed E-state index contributed by atoms with van der Waals surface area (Å²) >= 11 is 5.82. The number of rotatable bonds is 2. The number of alkyl halides is 3. The molecule has 9 heteroatoms. The first-order valence-electron chi connectivity index (χ1n) is 7.50. The quantitative estimate of drug-likeness (QED) is 0.755. The zero-order chi connectivity index (χ0) is 19.1. The molecule has 0 bridgehead atoms. The number of amides is 1. The molecule has 1 amide bonds. The minimum atomic E-state index is -4.80. The van der Waals surface area contributed by atoms with Gasteiger partial charge in [-0.1, -0.05) is 17.7 Å². The predicted octanol–water partition coefficient (Wildman–Crippen LogP) is 4.68. The van der Waals surface area contributed by atoms with Crippen LogP contribution in [-0.2, 0) is 11.3 Å². The summed E-state index contributed by atoms with van der Waals surface area (Å²) in [7, 11) is 0. The molecule has 3 nitrogen and oxygen atoms in total. The van der Waals surface area contributed by atoms with Crippen LogP contribution in [0.4, 0.5) is 27.6 Å². The van der Waals surface area contributed by atoms with E-state index in [0.717, 1.165) is 24.3 Å². The molecule has 1 aliphatic rings. The Labute approximate surface area is 150 Å². The largest absolute Gasteiger partial charge is 0.408 e. The number of fused-ring (bicyclic) bond motifs is 1. The summed E-state index contributed by atoms with van der Waals surface area (Å²) in [5, 5.41) is 2.42. The standard InChI is InChI=1S/C17H12ClF5N2O/c18-9-4-5-14-10(6-9)16(17(21,22)23)25(8-15(26)24-14)7-11-12(19)2-1-3-13(11)20/h1-6,16H,7-8H2,(H,24,26). The molecule has 0 aliphatic carbocycles. The van der Waals surface area contributed by atoms with Crippen LogP contribution in [0.25, 0.3) is 0 Å². The molecule has 0 saturated carbocycles. The molecule has 0 fully saturated rings. The number of hydrogen-bond donors (Lipinski definition) is 1. The lowest BCUT2D eigenvalue weighted by molar-refractivity contribution is -0.187. The minimum Gasteiger partial charge on any atom is -0.325 e. The summed E-state index contributed by atoms with van der Waals surface area (Å²) < 4.78 is 69.2. The van der Waals surface area contributed by atoms with Crippen LogP contribution < -0.4 is 5.32 Å². The third-order valence-corrected chi connectivity index (χ3v) is 4.26. The highest BCUT2D eigenvalue weighted by Crippen LogP contribution is 2.43. The Morgan fingerprint density at radius 2 is 1.81 bits per heavy atom. The van der Waals surface area contributed by atoms with Gasteiger partial charge in [-0.05, 0) is 30.3 Å². The van der Waals surface area contributed by atoms with Gasteiger partial charge in [0, 0.05) is 28.4 Å². The number of nitrogens with zero attached hydrogens (tertiary/aromatic N) is 1. The van der Waals surface area contributed by atoms with Crippen molar-refractivity contribution < 1.29 is 26.7 Å². The number of nitrogens with one attached hydrogen (secondary N) is 1. The van der Waals surface area contributed by atoms with Crippen LogP contribution in [0.1, 0.15) is 17.2 Å². The van der Waals surface area contributed by atoms with E-state index in [9.17, 15) is 26.7 Å². The topological polar surface area (TPSA) is 32.3 Å². The molecular formula is C17H12ClF5N2O. The molecule has 0 aromatic heterocycles. The van der Waals surface area contributed by atoms with E-state index in [1.807, 2.05) is 0 Å². The van der Waals surface area contributed by atoms with Crippen molar-refractivity contribution in [2.24, 2.45) is 0 Å². The van der Waals surface area contributed by atoms with Crippen LogP contribution in [0, 0.1) is 11.6 Å². The van der Waals surface area contributed by atoms with Gasteiger partial charge in [0.15, 0.2) is 0 Å². The molecule has 0 saturated heterocycles. The average Bonchev–Trinajstić information content (AvgIpc) is 2.65. The van der Waals surface area contributed by atoms with Crippen molar-refractivity contribution >= 4 is 23.2 Å². The normalized spacial score (nSPS) is 18.2. The van der Waals surface area contributed by atoms with Gasteiger partial charge in [0.05, 0.1) is 6.54 Å². The summed E-state index contributed by atoms with van der Waals surface area (Å²) in [4.78, 5) is 12.7. The molecule has 0 radical (unpaired) electrons. The smallest absolute Gasteiger partial charge is 0.325 e. The monoisotopic (exact) mass is 390 g/mol. The zero-order valence-corrected chi connectivity index (χ0v) is 13.8. The second kappa shape index (κ2) is 6.85. The maximum absolute atomic E-state index is 13.9. The third-order valence-electron chi connectivity index (χ3n) is 4.03. The van der Waals surface area contributed by atoms with E-state index in [1.165, 1.54) is 12.1 Å². The fraction of sp³-hybridized carbons (Fsp3) is 0.235. The van der Waals surface area contributed by atoms with Crippen molar-refractivity contribution in [2.45, 2.75) is 18.8 Å². The van der Waals surface area contributed by atoms with Crippen molar-refractivity contribution in [2.75, 3.05) is 11.9 Å². The van der Waals surface area contributed by atoms with E-state index in [2.05, 4.69) is 5.32 Å². The molecule has 3 rings (SSSR count). The SMILES string of the molecule is O=C1CN(Cc2c(F)cccc2F)C(C(F)(F)F)c2cc(Cl)ccc2N1. The Bertz CT molecular complexity index is 835. The number of halogens is 6. The Morgan fingerprint density at radius 1 is 1.15 bits per heavy atom. The highest BCUT2D eigenvalue weighted by Gasteiger charge is 2.48. The van der Waals surface area contributed by atoms with Gasteiger partial charge in [-0.2, -0.15) is 13.2 Å². The van der Waals surface area contributed by atoms with Gasteiger partial charge in [0.25, 0.3) is 0 Å². The van der Waals surface area contributed by atoms with Crippen LogP contribution in [0.3, 0.4) is 0 Å². The molecule has 26 heavy (non-hydrogen) atoms.